The maximum absolute atomic E-state index is 12.1. The van der Waals surface area contributed by atoms with Gasteiger partial charge in [0.15, 0.2) is 5.58 Å². The Morgan fingerprint density at radius 1 is 1.11 bits per heavy atom. The summed E-state index contributed by atoms with van der Waals surface area (Å²) in [6.07, 6.45) is 0. The molecule has 3 aromatic rings. The minimum Gasteiger partial charge on any atom is -0.433 e. The fourth-order valence-corrected chi connectivity index (χ4v) is 2.05. The van der Waals surface area contributed by atoms with E-state index in [0.717, 1.165) is 4.47 Å². The van der Waals surface area contributed by atoms with E-state index >= 15 is 0 Å². The molecular formula is C14H8BrNO2. The first-order chi connectivity index (χ1) is 8.74. The highest BCUT2D eigenvalue weighted by molar-refractivity contribution is 9.10. The molecule has 0 atom stereocenters. The third kappa shape index (κ3) is 1.95. The van der Waals surface area contributed by atoms with E-state index in [1.54, 1.807) is 18.2 Å². The molecule has 3 rings (SSSR count). The summed E-state index contributed by atoms with van der Waals surface area (Å²) in [4.78, 5) is 16.3. The number of carbonyl (C=O) groups is 1. The molecule has 0 N–H and O–H groups in total. The molecular weight excluding hydrogens is 294 g/mol. The fraction of sp³-hybridized carbons (Fsp3) is 0. The first kappa shape index (κ1) is 11.2. The lowest BCUT2D eigenvalue weighted by Gasteiger charge is -1.94. The van der Waals surface area contributed by atoms with Crippen molar-refractivity contribution >= 4 is 32.8 Å². The van der Waals surface area contributed by atoms with E-state index < -0.39 is 0 Å². The van der Waals surface area contributed by atoms with Gasteiger partial charge in [0.25, 0.3) is 5.89 Å². The molecule has 0 unspecified atom stereocenters. The van der Waals surface area contributed by atoms with Crippen molar-refractivity contribution in [3.8, 4) is 0 Å². The normalized spacial score (nSPS) is 10.7. The van der Waals surface area contributed by atoms with Crippen molar-refractivity contribution in [2.45, 2.75) is 0 Å². The monoisotopic (exact) mass is 301 g/mol. The van der Waals surface area contributed by atoms with E-state index in [1.807, 2.05) is 30.3 Å². The number of ketones is 1. The molecule has 18 heavy (non-hydrogen) atoms. The number of hydrogen-bond donors (Lipinski definition) is 0. The lowest BCUT2D eigenvalue weighted by Crippen LogP contribution is -2.00. The van der Waals surface area contributed by atoms with Crippen molar-refractivity contribution in [2.75, 3.05) is 0 Å². The molecule has 0 aliphatic carbocycles. The Kier molecular flexibility index (Phi) is 2.72. The van der Waals surface area contributed by atoms with Crippen LogP contribution in [-0.2, 0) is 0 Å². The van der Waals surface area contributed by atoms with Gasteiger partial charge in [0, 0.05) is 10.0 Å². The largest absolute Gasteiger partial charge is 0.433 e. The molecule has 0 bridgehead atoms. The number of oxazole rings is 1. The Bertz CT molecular complexity index is 719. The van der Waals surface area contributed by atoms with Crippen molar-refractivity contribution in [3.63, 3.8) is 0 Å². The van der Waals surface area contributed by atoms with Gasteiger partial charge in [-0.2, -0.15) is 0 Å². The van der Waals surface area contributed by atoms with Crippen molar-refractivity contribution in [1.29, 1.82) is 0 Å². The number of aromatic nitrogens is 1. The van der Waals surface area contributed by atoms with Gasteiger partial charge in [-0.1, -0.05) is 46.3 Å². The van der Waals surface area contributed by atoms with Crippen LogP contribution in [-0.4, -0.2) is 10.8 Å². The summed E-state index contributed by atoms with van der Waals surface area (Å²) in [5.74, 6) is -0.0859. The van der Waals surface area contributed by atoms with Crippen LogP contribution >= 0.6 is 15.9 Å². The van der Waals surface area contributed by atoms with Crippen molar-refractivity contribution in [3.05, 3.63) is 64.5 Å². The number of hydrogen-bond acceptors (Lipinski definition) is 3. The first-order valence-electron chi connectivity index (χ1n) is 5.40. The molecule has 1 heterocycles. The lowest BCUT2D eigenvalue weighted by molar-refractivity contribution is 0.100. The lowest BCUT2D eigenvalue weighted by atomic mass is 10.1. The molecule has 0 aliphatic heterocycles. The average molecular weight is 302 g/mol. The molecule has 0 saturated heterocycles. The first-order valence-corrected chi connectivity index (χ1v) is 6.19. The quantitative estimate of drug-likeness (QED) is 0.676. The van der Waals surface area contributed by atoms with Crippen LogP contribution in [0.15, 0.2) is 57.4 Å². The smallest absolute Gasteiger partial charge is 0.269 e. The molecule has 0 saturated carbocycles. The van der Waals surface area contributed by atoms with Crippen LogP contribution in [0.5, 0.6) is 0 Å². The van der Waals surface area contributed by atoms with Gasteiger partial charge in [-0.3, -0.25) is 4.79 Å². The molecule has 0 aliphatic rings. The van der Waals surface area contributed by atoms with Gasteiger partial charge in [0.05, 0.1) is 0 Å². The number of rotatable bonds is 2. The second kappa shape index (κ2) is 4.38. The summed E-state index contributed by atoms with van der Waals surface area (Å²) in [7, 11) is 0. The van der Waals surface area contributed by atoms with Crippen LogP contribution in [0.25, 0.3) is 11.1 Å². The number of benzene rings is 2. The summed E-state index contributed by atoms with van der Waals surface area (Å²) in [6, 6.07) is 14.4. The Balaban J connectivity index is 2.07. The Labute approximate surface area is 112 Å². The van der Waals surface area contributed by atoms with E-state index in [4.69, 9.17) is 4.42 Å². The van der Waals surface area contributed by atoms with Gasteiger partial charge in [-0.15, -0.1) is 0 Å². The summed E-state index contributed by atoms with van der Waals surface area (Å²) in [6.45, 7) is 0. The molecule has 0 amide bonds. The molecule has 0 radical (unpaired) electrons. The molecule has 0 spiro atoms. The molecule has 0 fully saturated rings. The highest BCUT2D eigenvalue weighted by atomic mass is 79.9. The van der Waals surface area contributed by atoms with Gasteiger partial charge in [0.2, 0.25) is 5.78 Å². The van der Waals surface area contributed by atoms with Crippen LogP contribution < -0.4 is 0 Å². The minimum absolute atomic E-state index is 0.120. The topological polar surface area (TPSA) is 43.1 Å². The zero-order valence-electron chi connectivity index (χ0n) is 9.26. The van der Waals surface area contributed by atoms with E-state index in [0.29, 0.717) is 16.7 Å². The van der Waals surface area contributed by atoms with Crippen molar-refractivity contribution < 1.29 is 9.21 Å². The van der Waals surface area contributed by atoms with Crippen LogP contribution in [0.2, 0.25) is 0 Å². The van der Waals surface area contributed by atoms with Gasteiger partial charge < -0.3 is 4.42 Å². The maximum Gasteiger partial charge on any atom is 0.269 e. The second-order valence-corrected chi connectivity index (χ2v) is 4.74. The third-order valence-corrected chi connectivity index (χ3v) is 3.07. The van der Waals surface area contributed by atoms with Crippen LogP contribution in [0.4, 0.5) is 0 Å². The Morgan fingerprint density at radius 3 is 2.67 bits per heavy atom. The van der Waals surface area contributed by atoms with Crippen LogP contribution in [0, 0.1) is 0 Å². The van der Waals surface area contributed by atoms with E-state index in [2.05, 4.69) is 20.9 Å². The summed E-state index contributed by atoms with van der Waals surface area (Å²) >= 11 is 3.35. The van der Waals surface area contributed by atoms with E-state index in [9.17, 15) is 4.79 Å². The second-order valence-electron chi connectivity index (χ2n) is 3.83. The molecule has 3 nitrogen and oxygen atoms in total. The summed E-state index contributed by atoms with van der Waals surface area (Å²) in [5.41, 5.74) is 1.85. The summed E-state index contributed by atoms with van der Waals surface area (Å²) < 4.78 is 6.37. The van der Waals surface area contributed by atoms with Gasteiger partial charge >= 0.3 is 0 Å². The summed E-state index contributed by atoms with van der Waals surface area (Å²) in [5, 5.41) is 0. The van der Waals surface area contributed by atoms with E-state index in [-0.39, 0.29) is 11.7 Å². The van der Waals surface area contributed by atoms with Gasteiger partial charge in [-0.05, 0) is 18.2 Å². The third-order valence-electron chi connectivity index (χ3n) is 2.58. The van der Waals surface area contributed by atoms with Gasteiger partial charge in [-0.25, -0.2) is 4.98 Å². The van der Waals surface area contributed by atoms with Crippen molar-refractivity contribution in [2.24, 2.45) is 0 Å². The number of nitrogens with zero attached hydrogens (tertiary/aromatic N) is 1. The van der Waals surface area contributed by atoms with Crippen molar-refractivity contribution in [1.82, 2.24) is 4.98 Å². The average Bonchev–Trinajstić information content (AvgIpc) is 2.81. The number of carbonyl (C=O) groups excluding carboxylic acids is 1. The Hall–Kier alpha value is -1.94. The fourth-order valence-electron chi connectivity index (χ4n) is 1.71. The molecule has 4 heteroatoms. The maximum atomic E-state index is 12.1. The van der Waals surface area contributed by atoms with Crippen LogP contribution in [0.3, 0.4) is 0 Å². The zero-order chi connectivity index (χ0) is 12.5. The number of fused-ring (bicyclic) bond motifs is 1. The molecule has 88 valence electrons. The zero-order valence-corrected chi connectivity index (χ0v) is 10.8. The predicted molar refractivity (Wildman–Crippen MR) is 71.6 cm³/mol. The van der Waals surface area contributed by atoms with Gasteiger partial charge in [0.1, 0.15) is 5.52 Å². The highest BCUT2D eigenvalue weighted by Crippen LogP contribution is 2.21. The SMILES string of the molecule is O=C(c1ccccc1)c1nc2ccc(Br)cc2o1. The molecule has 2 aromatic carbocycles. The molecule has 1 aromatic heterocycles. The predicted octanol–water partition coefficient (Wildman–Crippen LogP) is 3.82. The number of halogens is 1. The minimum atomic E-state index is -0.206. The van der Waals surface area contributed by atoms with Crippen LogP contribution in [0.1, 0.15) is 16.2 Å². The highest BCUT2D eigenvalue weighted by Gasteiger charge is 2.16. The van der Waals surface area contributed by atoms with E-state index in [1.165, 1.54) is 0 Å². The standard InChI is InChI=1S/C14H8BrNO2/c15-10-6-7-11-12(8-10)18-14(16-11)13(17)9-4-2-1-3-5-9/h1-8H. The Morgan fingerprint density at radius 2 is 1.89 bits per heavy atom.